The van der Waals surface area contributed by atoms with Gasteiger partial charge in [-0.1, -0.05) is 103 Å². The third-order valence-electron chi connectivity index (χ3n) is 5.77. The summed E-state index contributed by atoms with van der Waals surface area (Å²) in [4.78, 5) is 12.1. The van der Waals surface area contributed by atoms with E-state index in [1.54, 1.807) is 6.07 Å². The van der Waals surface area contributed by atoms with Crippen LogP contribution >= 0.6 is 0 Å². The number of hydrogen-bond donors (Lipinski definition) is 1. The molecular formula is C25H42O5S. The van der Waals surface area contributed by atoms with Gasteiger partial charge in [0.1, 0.15) is 4.90 Å². The molecule has 5 nitrogen and oxygen atoms in total. The topological polar surface area (TPSA) is 80.7 Å². The maximum atomic E-state index is 12.5. The predicted molar refractivity (Wildman–Crippen MR) is 126 cm³/mol. The second-order valence-corrected chi connectivity index (χ2v) is 9.94. The Balaban J connectivity index is 2.56. The van der Waals surface area contributed by atoms with Gasteiger partial charge in [-0.3, -0.25) is 4.55 Å². The number of unbranched alkanes of at least 4 members (excludes halogenated alkanes) is 10. The molecule has 0 spiro atoms. The molecular weight excluding hydrogens is 412 g/mol. The highest BCUT2D eigenvalue weighted by Gasteiger charge is 2.22. The normalized spacial score (nSPS) is 12.6. The average Bonchev–Trinajstić information content (AvgIpc) is 2.75. The van der Waals surface area contributed by atoms with Crippen LogP contribution in [0.15, 0.2) is 29.2 Å². The minimum absolute atomic E-state index is 0.109. The van der Waals surface area contributed by atoms with E-state index in [9.17, 15) is 17.8 Å². The quantitative estimate of drug-likeness (QED) is 0.144. The summed E-state index contributed by atoms with van der Waals surface area (Å²) in [5, 5.41) is 0. The largest absolute Gasteiger partial charge is 0.462 e. The van der Waals surface area contributed by atoms with Gasteiger partial charge in [-0.15, -0.1) is 0 Å². The number of carbonyl (C=O) groups excluding carboxylic acids is 1. The maximum absolute atomic E-state index is 12.5. The Morgan fingerprint density at radius 1 is 0.839 bits per heavy atom. The van der Waals surface area contributed by atoms with Crippen molar-refractivity contribution in [3.63, 3.8) is 0 Å². The highest BCUT2D eigenvalue weighted by Crippen LogP contribution is 2.21. The highest BCUT2D eigenvalue weighted by molar-refractivity contribution is 7.86. The van der Waals surface area contributed by atoms with Crippen molar-refractivity contribution in [1.29, 1.82) is 0 Å². The van der Waals surface area contributed by atoms with Crippen LogP contribution in [0.4, 0.5) is 0 Å². The molecule has 1 rings (SSSR count). The van der Waals surface area contributed by atoms with Crippen molar-refractivity contribution in [3.8, 4) is 0 Å². The van der Waals surface area contributed by atoms with Crippen LogP contribution in [-0.4, -0.2) is 25.5 Å². The lowest BCUT2D eigenvalue weighted by atomic mass is 9.95. The number of esters is 1. The third kappa shape index (κ3) is 12.3. The molecule has 0 heterocycles. The van der Waals surface area contributed by atoms with E-state index in [-0.39, 0.29) is 5.56 Å². The summed E-state index contributed by atoms with van der Waals surface area (Å²) < 4.78 is 37.9. The standard InChI is InChI=1S/C25H42O5S/c1-3-5-7-9-10-12-14-18-22(17-13-11-8-6-4-2)21-30-25(26)23-19-15-16-20-24(23)31(27,28)29/h15-16,19-20,22H,3-14,17-18,21H2,1-2H3,(H,27,28,29)/t22-/m0/s1. The first-order chi connectivity index (χ1) is 14.9. The molecule has 6 heteroatoms. The van der Waals surface area contributed by atoms with Gasteiger partial charge in [-0.25, -0.2) is 4.79 Å². The molecule has 0 fully saturated rings. The number of ether oxygens (including phenoxy) is 1. The average molecular weight is 455 g/mol. The summed E-state index contributed by atoms with van der Waals surface area (Å²) >= 11 is 0. The molecule has 0 aliphatic heterocycles. The van der Waals surface area contributed by atoms with Gasteiger partial charge < -0.3 is 4.74 Å². The molecule has 1 aromatic rings. The molecule has 0 amide bonds. The van der Waals surface area contributed by atoms with Crippen molar-refractivity contribution < 1.29 is 22.5 Å². The Bertz CT molecular complexity index is 714. The van der Waals surface area contributed by atoms with E-state index in [1.807, 2.05) is 0 Å². The summed E-state index contributed by atoms with van der Waals surface area (Å²) in [5.74, 6) is -0.400. The first kappa shape index (κ1) is 27.6. The molecule has 0 saturated heterocycles. The van der Waals surface area contributed by atoms with E-state index in [0.717, 1.165) is 25.7 Å². The summed E-state index contributed by atoms with van der Waals surface area (Å²) in [6.07, 6.45) is 16.8. The minimum atomic E-state index is -4.47. The monoisotopic (exact) mass is 454 g/mol. The summed E-state index contributed by atoms with van der Waals surface area (Å²) in [5.41, 5.74) is -0.109. The van der Waals surface area contributed by atoms with Crippen LogP contribution in [0.2, 0.25) is 0 Å². The minimum Gasteiger partial charge on any atom is -0.462 e. The molecule has 0 saturated carbocycles. The molecule has 178 valence electrons. The number of hydrogen-bond acceptors (Lipinski definition) is 4. The Morgan fingerprint density at radius 3 is 1.84 bits per heavy atom. The first-order valence-corrected chi connectivity index (χ1v) is 13.6. The summed E-state index contributed by atoms with van der Waals surface area (Å²) in [7, 11) is -4.47. The van der Waals surface area contributed by atoms with Crippen LogP contribution in [0, 0.1) is 5.92 Å². The van der Waals surface area contributed by atoms with E-state index >= 15 is 0 Å². The molecule has 0 bridgehead atoms. The molecule has 0 aliphatic rings. The fourth-order valence-corrected chi connectivity index (χ4v) is 4.55. The van der Waals surface area contributed by atoms with Gasteiger partial charge in [-0.05, 0) is 30.9 Å². The summed E-state index contributed by atoms with van der Waals surface area (Å²) in [6.45, 7) is 4.72. The number of rotatable bonds is 18. The Morgan fingerprint density at radius 2 is 1.32 bits per heavy atom. The van der Waals surface area contributed by atoms with Gasteiger partial charge in [0.05, 0.1) is 12.2 Å². The molecule has 1 atom stereocenters. The van der Waals surface area contributed by atoms with Crippen molar-refractivity contribution in [1.82, 2.24) is 0 Å². The lowest BCUT2D eigenvalue weighted by Crippen LogP contribution is -2.17. The molecule has 1 N–H and O–H groups in total. The molecule has 0 unspecified atom stereocenters. The Labute approximate surface area is 189 Å². The number of benzene rings is 1. The van der Waals surface area contributed by atoms with Gasteiger partial charge in [0.15, 0.2) is 0 Å². The van der Waals surface area contributed by atoms with Crippen LogP contribution in [0.1, 0.15) is 114 Å². The fourth-order valence-electron chi connectivity index (χ4n) is 3.87. The zero-order valence-electron chi connectivity index (χ0n) is 19.5. The van der Waals surface area contributed by atoms with Gasteiger partial charge >= 0.3 is 5.97 Å². The van der Waals surface area contributed by atoms with Crippen LogP contribution < -0.4 is 0 Å². The van der Waals surface area contributed by atoms with Crippen molar-refractivity contribution in [2.45, 2.75) is 109 Å². The zero-order valence-corrected chi connectivity index (χ0v) is 20.3. The van der Waals surface area contributed by atoms with Gasteiger partial charge in [0.2, 0.25) is 0 Å². The van der Waals surface area contributed by atoms with Crippen LogP contribution in [0.5, 0.6) is 0 Å². The van der Waals surface area contributed by atoms with E-state index < -0.39 is 21.0 Å². The van der Waals surface area contributed by atoms with Crippen LogP contribution in [0.25, 0.3) is 0 Å². The van der Waals surface area contributed by atoms with Crippen LogP contribution in [0.3, 0.4) is 0 Å². The molecule has 0 aliphatic carbocycles. The Kier molecular flexibility index (Phi) is 14.5. The predicted octanol–water partition coefficient (Wildman–Crippen LogP) is 7.21. The second kappa shape index (κ2) is 16.3. The second-order valence-electron chi connectivity index (χ2n) is 8.55. The molecule has 0 aromatic heterocycles. The van der Waals surface area contributed by atoms with Gasteiger partial charge in [0.25, 0.3) is 10.1 Å². The zero-order chi connectivity index (χ0) is 23.0. The molecule has 0 radical (unpaired) electrons. The first-order valence-electron chi connectivity index (χ1n) is 12.1. The van der Waals surface area contributed by atoms with Gasteiger partial charge in [-0.2, -0.15) is 8.42 Å². The lowest BCUT2D eigenvalue weighted by Gasteiger charge is -2.17. The van der Waals surface area contributed by atoms with Crippen molar-refractivity contribution in [2.24, 2.45) is 5.92 Å². The van der Waals surface area contributed by atoms with Gasteiger partial charge in [0, 0.05) is 0 Å². The van der Waals surface area contributed by atoms with Crippen molar-refractivity contribution in [2.75, 3.05) is 6.61 Å². The Hall–Kier alpha value is -1.40. The van der Waals surface area contributed by atoms with Crippen LogP contribution in [-0.2, 0) is 14.9 Å². The molecule has 1 aromatic carbocycles. The smallest absolute Gasteiger partial charge is 0.339 e. The van der Waals surface area contributed by atoms with Crippen molar-refractivity contribution >= 4 is 16.1 Å². The fraction of sp³-hybridized carbons (Fsp3) is 0.720. The van der Waals surface area contributed by atoms with E-state index in [0.29, 0.717) is 12.5 Å². The van der Waals surface area contributed by atoms with Crippen molar-refractivity contribution in [3.05, 3.63) is 29.8 Å². The highest BCUT2D eigenvalue weighted by atomic mass is 32.2. The molecule has 31 heavy (non-hydrogen) atoms. The SMILES string of the molecule is CCCCCCCCC[C@H](CCCCCCC)COC(=O)c1ccccc1S(=O)(=O)O. The third-order valence-corrected chi connectivity index (χ3v) is 6.68. The van der Waals surface area contributed by atoms with E-state index in [4.69, 9.17) is 4.74 Å². The maximum Gasteiger partial charge on any atom is 0.339 e. The van der Waals surface area contributed by atoms with E-state index in [1.165, 1.54) is 82.4 Å². The lowest BCUT2D eigenvalue weighted by molar-refractivity contribution is 0.0417. The summed E-state index contributed by atoms with van der Waals surface area (Å²) in [6, 6.07) is 5.63. The van der Waals surface area contributed by atoms with E-state index in [2.05, 4.69) is 13.8 Å². The number of carbonyl (C=O) groups is 1.